The molecule has 0 aliphatic carbocycles. The van der Waals surface area contributed by atoms with Crippen LogP contribution in [0.2, 0.25) is 15.1 Å². The van der Waals surface area contributed by atoms with E-state index in [9.17, 15) is 4.79 Å². The largest absolute Gasteiger partial charge is 0.487 e. The summed E-state index contributed by atoms with van der Waals surface area (Å²) in [6.45, 7) is 0.308. The minimum Gasteiger partial charge on any atom is -0.487 e. The lowest BCUT2D eigenvalue weighted by atomic mass is 10.2. The molecule has 1 fully saturated rings. The van der Waals surface area contributed by atoms with Gasteiger partial charge in [0.15, 0.2) is 5.17 Å². The Balaban J connectivity index is 1.46. The topological polar surface area (TPSA) is 50.7 Å². The van der Waals surface area contributed by atoms with Crippen molar-refractivity contribution in [3.05, 3.63) is 97.8 Å². The van der Waals surface area contributed by atoms with Gasteiger partial charge in [0.1, 0.15) is 12.4 Å². The molecule has 3 aromatic rings. The SMILES string of the molecule is O=C1NC(=Nc2ccc(Cl)cc2)S/C1=C\c1ccc(OCc2ccccc2Cl)c(Cl)c1. The quantitative estimate of drug-likeness (QED) is 0.388. The van der Waals surface area contributed by atoms with Crippen LogP contribution in [-0.4, -0.2) is 11.1 Å². The van der Waals surface area contributed by atoms with Gasteiger partial charge in [-0.1, -0.05) is 59.1 Å². The highest BCUT2D eigenvalue weighted by Gasteiger charge is 2.23. The molecule has 0 spiro atoms. The number of rotatable bonds is 5. The first-order valence-electron chi connectivity index (χ1n) is 9.19. The second kappa shape index (κ2) is 9.79. The zero-order valence-electron chi connectivity index (χ0n) is 15.9. The number of nitrogens with one attached hydrogen (secondary N) is 1. The van der Waals surface area contributed by atoms with E-state index >= 15 is 0 Å². The molecule has 1 aliphatic heterocycles. The van der Waals surface area contributed by atoms with Crippen LogP contribution in [0.5, 0.6) is 5.75 Å². The molecule has 0 saturated carbocycles. The Labute approximate surface area is 198 Å². The van der Waals surface area contributed by atoms with Crippen LogP contribution in [0, 0.1) is 0 Å². The van der Waals surface area contributed by atoms with Crippen molar-refractivity contribution in [2.45, 2.75) is 6.61 Å². The highest BCUT2D eigenvalue weighted by molar-refractivity contribution is 8.18. The number of nitrogens with zero attached hydrogens (tertiary/aromatic N) is 1. The van der Waals surface area contributed by atoms with Crippen LogP contribution in [0.4, 0.5) is 5.69 Å². The molecule has 4 rings (SSSR count). The van der Waals surface area contributed by atoms with Gasteiger partial charge in [0, 0.05) is 15.6 Å². The molecule has 1 amide bonds. The Kier molecular flexibility index (Phi) is 6.88. The van der Waals surface area contributed by atoms with Crippen molar-refractivity contribution in [2.75, 3.05) is 0 Å². The van der Waals surface area contributed by atoms with Crippen LogP contribution < -0.4 is 10.1 Å². The number of benzene rings is 3. The number of carbonyl (C=O) groups is 1. The Morgan fingerprint density at radius 2 is 1.74 bits per heavy atom. The molecular formula is C23H15Cl3N2O2S. The average Bonchev–Trinajstić information content (AvgIpc) is 3.09. The van der Waals surface area contributed by atoms with Crippen LogP contribution in [0.15, 0.2) is 76.6 Å². The third kappa shape index (κ3) is 5.63. The molecule has 0 atom stereocenters. The fraction of sp³-hybridized carbons (Fsp3) is 0.0435. The molecule has 0 unspecified atom stereocenters. The normalized spacial score (nSPS) is 16.0. The molecular weight excluding hydrogens is 475 g/mol. The summed E-state index contributed by atoms with van der Waals surface area (Å²) in [4.78, 5) is 17.3. The van der Waals surface area contributed by atoms with E-state index in [0.717, 1.165) is 11.1 Å². The highest BCUT2D eigenvalue weighted by Crippen LogP contribution is 2.31. The van der Waals surface area contributed by atoms with Crippen molar-refractivity contribution < 1.29 is 9.53 Å². The number of aliphatic imine (C=N–C) groups is 1. The predicted molar refractivity (Wildman–Crippen MR) is 129 cm³/mol. The van der Waals surface area contributed by atoms with Crippen molar-refractivity contribution >= 4 is 69.4 Å². The number of thioether (sulfide) groups is 1. The molecule has 1 saturated heterocycles. The Hall–Kier alpha value is -2.44. The summed E-state index contributed by atoms with van der Waals surface area (Å²) in [5, 5.41) is 4.98. The molecule has 1 aliphatic rings. The fourth-order valence-corrected chi connectivity index (χ4v) is 4.16. The van der Waals surface area contributed by atoms with Gasteiger partial charge in [-0.25, -0.2) is 4.99 Å². The lowest BCUT2D eigenvalue weighted by Gasteiger charge is -2.10. The Morgan fingerprint density at radius 3 is 2.48 bits per heavy atom. The van der Waals surface area contributed by atoms with Gasteiger partial charge in [0.25, 0.3) is 5.91 Å². The van der Waals surface area contributed by atoms with Crippen molar-refractivity contribution in [3.8, 4) is 5.75 Å². The smallest absolute Gasteiger partial charge is 0.264 e. The lowest BCUT2D eigenvalue weighted by molar-refractivity contribution is -0.115. The van der Waals surface area contributed by atoms with E-state index in [4.69, 9.17) is 39.5 Å². The molecule has 8 heteroatoms. The summed E-state index contributed by atoms with van der Waals surface area (Å²) < 4.78 is 5.79. The summed E-state index contributed by atoms with van der Waals surface area (Å²) in [6.07, 6.45) is 1.76. The number of carbonyl (C=O) groups excluding carboxylic acids is 1. The van der Waals surface area contributed by atoms with Crippen molar-refractivity contribution in [3.63, 3.8) is 0 Å². The van der Waals surface area contributed by atoms with Crippen LogP contribution in [0.25, 0.3) is 6.08 Å². The van der Waals surface area contributed by atoms with Crippen LogP contribution in [0.3, 0.4) is 0 Å². The number of amides is 1. The van der Waals surface area contributed by atoms with E-state index in [1.165, 1.54) is 11.8 Å². The zero-order chi connectivity index (χ0) is 21.8. The van der Waals surface area contributed by atoms with Gasteiger partial charge in [0.05, 0.1) is 15.6 Å². The monoisotopic (exact) mass is 488 g/mol. The van der Waals surface area contributed by atoms with Gasteiger partial charge in [-0.2, -0.15) is 0 Å². The fourth-order valence-electron chi connectivity index (χ4n) is 2.76. The van der Waals surface area contributed by atoms with E-state index in [1.807, 2.05) is 30.3 Å². The zero-order valence-corrected chi connectivity index (χ0v) is 19.0. The number of hydrogen-bond donors (Lipinski definition) is 1. The Bertz CT molecular complexity index is 1190. The standard InChI is InChI=1S/C23H15Cl3N2O2S/c24-16-6-8-17(9-7-16)27-23-28-22(29)21(31-23)12-14-5-10-20(19(26)11-14)30-13-15-3-1-2-4-18(15)25/h1-12H,13H2,(H,27,28,29)/b21-12-. The maximum Gasteiger partial charge on any atom is 0.264 e. The van der Waals surface area contributed by atoms with Gasteiger partial charge < -0.3 is 10.1 Å². The third-order valence-electron chi connectivity index (χ3n) is 4.30. The second-order valence-electron chi connectivity index (χ2n) is 6.53. The molecule has 1 N–H and O–H groups in total. The summed E-state index contributed by atoms with van der Waals surface area (Å²) in [5.41, 5.74) is 2.36. The van der Waals surface area contributed by atoms with Crippen LogP contribution in [0.1, 0.15) is 11.1 Å². The van der Waals surface area contributed by atoms with Crippen molar-refractivity contribution in [2.24, 2.45) is 4.99 Å². The first kappa shape index (κ1) is 21.8. The van der Waals surface area contributed by atoms with E-state index in [2.05, 4.69) is 10.3 Å². The summed E-state index contributed by atoms with van der Waals surface area (Å²) >= 11 is 19.7. The van der Waals surface area contributed by atoms with E-state index in [-0.39, 0.29) is 5.91 Å². The van der Waals surface area contributed by atoms with Gasteiger partial charge in [0.2, 0.25) is 0 Å². The first-order chi connectivity index (χ1) is 15.0. The highest BCUT2D eigenvalue weighted by atomic mass is 35.5. The molecule has 0 bridgehead atoms. The minimum absolute atomic E-state index is 0.215. The van der Waals surface area contributed by atoms with Crippen molar-refractivity contribution in [1.29, 1.82) is 0 Å². The molecule has 156 valence electrons. The van der Waals surface area contributed by atoms with Crippen LogP contribution in [-0.2, 0) is 11.4 Å². The third-order valence-corrected chi connectivity index (χ3v) is 6.13. The first-order valence-corrected chi connectivity index (χ1v) is 11.1. The van der Waals surface area contributed by atoms with Crippen molar-refractivity contribution in [1.82, 2.24) is 5.32 Å². The lowest BCUT2D eigenvalue weighted by Crippen LogP contribution is -2.19. The number of amidine groups is 1. The Morgan fingerprint density at radius 1 is 0.968 bits per heavy atom. The summed E-state index contributed by atoms with van der Waals surface area (Å²) in [6, 6.07) is 19.9. The van der Waals surface area contributed by atoms with Crippen LogP contribution >= 0.6 is 46.6 Å². The maximum absolute atomic E-state index is 12.3. The molecule has 0 radical (unpaired) electrons. The van der Waals surface area contributed by atoms with E-state index in [1.54, 1.807) is 42.5 Å². The molecule has 31 heavy (non-hydrogen) atoms. The van der Waals surface area contributed by atoms with Gasteiger partial charge in [-0.15, -0.1) is 0 Å². The van der Waals surface area contributed by atoms with E-state index in [0.29, 0.717) is 43.2 Å². The minimum atomic E-state index is -0.215. The number of halogens is 3. The van der Waals surface area contributed by atoms with Gasteiger partial charge >= 0.3 is 0 Å². The molecule has 1 heterocycles. The van der Waals surface area contributed by atoms with Gasteiger partial charge in [-0.05, 0) is 65.9 Å². The summed E-state index contributed by atoms with van der Waals surface area (Å²) in [5.74, 6) is 0.324. The predicted octanol–water partition coefficient (Wildman–Crippen LogP) is 7.12. The second-order valence-corrected chi connectivity index (χ2v) is 8.81. The van der Waals surface area contributed by atoms with Gasteiger partial charge in [-0.3, -0.25) is 4.79 Å². The maximum atomic E-state index is 12.3. The average molecular weight is 490 g/mol. The molecule has 3 aromatic carbocycles. The molecule has 4 nitrogen and oxygen atoms in total. The van der Waals surface area contributed by atoms with E-state index < -0.39 is 0 Å². The molecule has 0 aromatic heterocycles. The summed E-state index contributed by atoms with van der Waals surface area (Å²) in [7, 11) is 0. The number of hydrogen-bond acceptors (Lipinski definition) is 4. The number of ether oxygens (including phenoxy) is 1.